The van der Waals surface area contributed by atoms with E-state index in [9.17, 15) is 9.90 Å². The summed E-state index contributed by atoms with van der Waals surface area (Å²) in [6.07, 6.45) is 2.25. The van der Waals surface area contributed by atoms with Crippen LogP contribution in [-0.2, 0) is 11.3 Å². The van der Waals surface area contributed by atoms with Crippen LogP contribution in [0.1, 0.15) is 17.2 Å². The lowest BCUT2D eigenvalue weighted by Gasteiger charge is -2.21. The number of anilines is 2. The standard InChI is InChI=1S/C14H13BrN2O3/c1-17(6-8-2-3-20-7-8)12-5-11-9(4-10(12)15)13(18)14(19)16-11/h2-5,7,13,18H,6H2,1H3,(H,16,19). The largest absolute Gasteiger partial charge is 0.472 e. The molecule has 1 aromatic carbocycles. The molecule has 6 heteroatoms. The zero-order valence-corrected chi connectivity index (χ0v) is 12.3. The van der Waals surface area contributed by atoms with Crippen molar-refractivity contribution < 1.29 is 14.3 Å². The first-order valence-corrected chi connectivity index (χ1v) is 6.90. The van der Waals surface area contributed by atoms with Gasteiger partial charge in [0.1, 0.15) is 0 Å². The van der Waals surface area contributed by atoms with Crippen LogP contribution >= 0.6 is 15.9 Å². The number of fused-ring (bicyclic) bond motifs is 1. The van der Waals surface area contributed by atoms with Gasteiger partial charge in [0.2, 0.25) is 0 Å². The minimum absolute atomic E-state index is 0.387. The molecule has 1 atom stereocenters. The molecular formula is C14H13BrN2O3. The summed E-state index contributed by atoms with van der Waals surface area (Å²) in [6, 6.07) is 5.54. The summed E-state index contributed by atoms with van der Waals surface area (Å²) in [5.41, 5.74) is 3.24. The van der Waals surface area contributed by atoms with Gasteiger partial charge in [-0.1, -0.05) is 0 Å². The van der Waals surface area contributed by atoms with Crippen LogP contribution < -0.4 is 10.2 Å². The fraction of sp³-hybridized carbons (Fsp3) is 0.214. The first-order chi connectivity index (χ1) is 9.56. The Labute approximate surface area is 124 Å². The second kappa shape index (κ2) is 4.96. The van der Waals surface area contributed by atoms with Gasteiger partial charge in [-0.25, -0.2) is 0 Å². The van der Waals surface area contributed by atoms with Crippen LogP contribution in [0.2, 0.25) is 0 Å². The maximum atomic E-state index is 11.5. The van der Waals surface area contributed by atoms with Crippen LogP contribution in [0.5, 0.6) is 0 Å². The van der Waals surface area contributed by atoms with Gasteiger partial charge in [0, 0.05) is 34.9 Å². The van der Waals surface area contributed by atoms with Crippen LogP contribution in [-0.4, -0.2) is 18.1 Å². The molecular weight excluding hydrogens is 324 g/mol. The number of amides is 1. The van der Waals surface area contributed by atoms with Crippen molar-refractivity contribution in [2.75, 3.05) is 17.3 Å². The molecule has 1 amide bonds. The number of halogens is 1. The first-order valence-electron chi connectivity index (χ1n) is 6.11. The molecule has 0 saturated heterocycles. The van der Waals surface area contributed by atoms with Crippen LogP contribution in [0.15, 0.2) is 39.6 Å². The molecule has 2 heterocycles. The average molecular weight is 337 g/mol. The van der Waals surface area contributed by atoms with Gasteiger partial charge in [0.15, 0.2) is 6.10 Å². The topological polar surface area (TPSA) is 65.7 Å². The number of carbonyl (C=O) groups is 1. The van der Waals surface area contributed by atoms with E-state index in [0.717, 1.165) is 15.7 Å². The van der Waals surface area contributed by atoms with Gasteiger partial charge in [-0.3, -0.25) is 4.79 Å². The predicted molar refractivity (Wildman–Crippen MR) is 78.5 cm³/mol. The molecule has 1 aliphatic heterocycles. The number of aliphatic hydroxyl groups is 1. The summed E-state index contributed by atoms with van der Waals surface area (Å²) in [7, 11) is 1.95. The Morgan fingerprint density at radius 1 is 1.50 bits per heavy atom. The lowest BCUT2D eigenvalue weighted by Crippen LogP contribution is -2.16. The molecule has 0 bridgehead atoms. The molecule has 0 fully saturated rings. The van der Waals surface area contributed by atoms with Crippen LogP contribution in [0.3, 0.4) is 0 Å². The highest BCUT2D eigenvalue weighted by molar-refractivity contribution is 9.10. The molecule has 20 heavy (non-hydrogen) atoms. The van der Waals surface area contributed by atoms with Crippen molar-refractivity contribution in [2.24, 2.45) is 0 Å². The molecule has 1 aromatic heterocycles. The normalized spacial score (nSPS) is 16.9. The van der Waals surface area contributed by atoms with Gasteiger partial charge in [0.05, 0.1) is 18.2 Å². The highest BCUT2D eigenvalue weighted by Gasteiger charge is 2.29. The van der Waals surface area contributed by atoms with Gasteiger partial charge in [0.25, 0.3) is 5.91 Å². The number of hydrogen-bond donors (Lipinski definition) is 2. The number of hydrogen-bond acceptors (Lipinski definition) is 4. The average Bonchev–Trinajstić information content (AvgIpc) is 3.00. The van der Waals surface area contributed by atoms with E-state index in [1.54, 1.807) is 18.6 Å². The van der Waals surface area contributed by atoms with Gasteiger partial charge in [-0.05, 0) is 34.1 Å². The van der Waals surface area contributed by atoms with Gasteiger partial charge in [-0.15, -0.1) is 0 Å². The van der Waals surface area contributed by atoms with E-state index < -0.39 is 6.10 Å². The monoisotopic (exact) mass is 336 g/mol. The number of benzene rings is 1. The number of nitrogens with zero attached hydrogens (tertiary/aromatic N) is 1. The number of furan rings is 1. The lowest BCUT2D eigenvalue weighted by atomic mass is 10.1. The SMILES string of the molecule is CN(Cc1ccoc1)c1cc2c(cc1Br)C(O)C(=O)N2. The molecule has 0 radical (unpaired) electrons. The first kappa shape index (κ1) is 13.2. The predicted octanol–water partition coefficient (Wildman–Crippen LogP) is 2.66. The van der Waals surface area contributed by atoms with Crippen molar-refractivity contribution in [1.82, 2.24) is 0 Å². The zero-order chi connectivity index (χ0) is 14.3. The molecule has 2 N–H and O–H groups in total. The van der Waals surface area contributed by atoms with Crippen molar-refractivity contribution in [2.45, 2.75) is 12.6 Å². The molecule has 1 aliphatic rings. The van der Waals surface area contributed by atoms with Gasteiger partial charge >= 0.3 is 0 Å². The minimum atomic E-state index is -1.09. The third kappa shape index (κ3) is 2.21. The second-order valence-corrected chi connectivity index (χ2v) is 5.62. The lowest BCUT2D eigenvalue weighted by molar-refractivity contribution is -0.123. The highest BCUT2D eigenvalue weighted by Crippen LogP contribution is 2.39. The van der Waals surface area contributed by atoms with Crippen molar-refractivity contribution in [1.29, 1.82) is 0 Å². The number of aliphatic hydroxyl groups excluding tert-OH is 1. The van der Waals surface area contributed by atoms with E-state index >= 15 is 0 Å². The summed E-state index contributed by atoms with van der Waals surface area (Å²) in [4.78, 5) is 13.5. The van der Waals surface area contributed by atoms with E-state index in [-0.39, 0.29) is 5.91 Å². The van der Waals surface area contributed by atoms with E-state index in [1.165, 1.54) is 0 Å². The Hall–Kier alpha value is -1.79. The molecule has 3 rings (SSSR count). The highest BCUT2D eigenvalue weighted by atomic mass is 79.9. The second-order valence-electron chi connectivity index (χ2n) is 4.77. The fourth-order valence-electron chi connectivity index (χ4n) is 2.29. The van der Waals surface area contributed by atoms with Crippen LogP contribution in [0.4, 0.5) is 11.4 Å². The number of carbonyl (C=O) groups excluding carboxylic acids is 1. The van der Waals surface area contributed by atoms with Crippen molar-refractivity contribution in [3.05, 3.63) is 46.3 Å². The summed E-state index contributed by atoms with van der Waals surface area (Å²) >= 11 is 3.49. The Morgan fingerprint density at radius 3 is 3.00 bits per heavy atom. The zero-order valence-electron chi connectivity index (χ0n) is 10.8. The summed E-state index contributed by atoms with van der Waals surface area (Å²) < 4.78 is 5.89. The van der Waals surface area contributed by atoms with Crippen molar-refractivity contribution in [3.63, 3.8) is 0 Å². The molecule has 5 nitrogen and oxygen atoms in total. The third-order valence-electron chi connectivity index (χ3n) is 3.33. The van der Waals surface area contributed by atoms with E-state index in [4.69, 9.17) is 4.42 Å². The number of nitrogens with one attached hydrogen (secondary N) is 1. The van der Waals surface area contributed by atoms with E-state index in [1.807, 2.05) is 24.1 Å². The van der Waals surface area contributed by atoms with Gasteiger partial charge in [-0.2, -0.15) is 0 Å². The Bertz CT molecular complexity index is 655. The van der Waals surface area contributed by atoms with Crippen LogP contribution in [0, 0.1) is 0 Å². The maximum absolute atomic E-state index is 11.5. The third-order valence-corrected chi connectivity index (χ3v) is 3.97. The molecule has 0 saturated carbocycles. The molecule has 0 aliphatic carbocycles. The summed E-state index contributed by atoms with van der Waals surface area (Å²) in [5.74, 6) is -0.387. The minimum Gasteiger partial charge on any atom is -0.472 e. The summed E-state index contributed by atoms with van der Waals surface area (Å²) in [5, 5.41) is 12.4. The fourth-order valence-corrected chi connectivity index (χ4v) is 2.95. The molecule has 0 spiro atoms. The Kier molecular flexibility index (Phi) is 3.27. The Balaban J connectivity index is 1.91. The molecule has 104 valence electrons. The van der Waals surface area contributed by atoms with Crippen molar-refractivity contribution in [3.8, 4) is 0 Å². The van der Waals surface area contributed by atoms with Crippen LogP contribution in [0.25, 0.3) is 0 Å². The van der Waals surface area contributed by atoms with E-state index in [2.05, 4.69) is 21.2 Å². The smallest absolute Gasteiger partial charge is 0.257 e. The van der Waals surface area contributed by atoms with Gasteiger partial charge < -0.3 is 19.7 Å². The number of rotatable bonds is 3. The molecule has 2 aromatic rings. The quantitative estimate of drug-likeness (QED) is 0.904. The molecule has 1 unspecified atom stereocenters. The maximum Gasteiger partial charge on any atom is 0.257 e. The Morgan fingerprint density at radius 2 is 2.30 bits per heavy atom. The summed E-state index contributed by atoms with van der Waals surface area (Å²) in [6.45, 7) is 0.685. The van der Waals surface area contributed by atoms with E-state index in [0.29, 0.717) is 17.8 Å². The van der Waals surface area contributed by atoms with Crippen molar-refractivity contribution >= 4 is 33.2 Å².